The van der Waals surface area contributed by atoms with Gasteiger partial charge in [-0.05, 0) is 38.4 Å². The van der Waals surface area contributed by atoms with Crippen LogP contribution < -0.4 is 0 Å². The molecule has 0 amide bonds. The van der Waals surface area contributed by atoms with Gasteiger partial charge >= 0.3 is 0 Å². The lowest BCUT2D eigenvalue weighted by Crippen LogP contribution is -2.19. The molecular weight excluding hydrogens is 329 g/mol. The normalized spacial score (nSPS) is 11.2. The minimum atomic E-state index is -0.511. The molecule has 0 N–H and O–H groups in total. The Labute approximate surface area is 143 Å². The number of hydrogen-bond donors (Lipinski definition) is 0. The summed E-state index contributed by atoms with van der Waals surface area (Å²) in [7, 11) is 3.94. The van der Waals surface area contributed by atoms with E-state index in [-0.39, 0.29) is 10.5 Å². The number of benzene rings is 1. The number of fused-ring (bicyclic) bond motifs is 1. The Hall–Kier alpha value is -2.49. The Morgan fingerprint density at radius 1 is 1.33 bits per heavy atom. The molecule has 3 aromatic rings. The fraction of sp³-hybridized carbons (Fsp3) is 0.235. The van der Waals surface area contributed by atoms with Gasteiger partial charge in [0.15, 0.2) is 5.82 Å². The maximum atomic E-state index is 14.2. The molecule has 2 heterocycles. The fourth-order valence-electron chi connectivity index (χ4n) is 2.50. The molecule has 0 aliphatic heterocycles. The van der Waals surface area contributed by atoms with Crippen molar-refractivity contribution in [2.75, 3.05) is 20.6 Å². The van der Waals surface area contributed by atoms with E-state index in [1.54, 1.807) is 29.1 Å². The molecule has 0 atom stereocenters. The van der Waals surface area contributed by atoms with Gasteiger partial charge in [0.05, 0.1) is 17.8 Å². The van der Waals surface area contributed by atoms with Gasteiger partial charge < -0.3 is 4.90 Å². The summed E-state index contributed by atoms with van der Waals surface area (Å²) < 4.78 is 16.0. The molecule has 0 fully saturated rings. The number of halogens is 2. The van der Waals surface area contributed by atoms with Crippen molar-refractivity contribution < 1.29 is 4.39 Å². The quantitative estimate of drug-likeness (QED) is 0.729. The van der Waals surface area contributed by atoms with Crippen LogP contribution in [0.3, 0.4) is 0 Å². The van der Waals surface area contributed by atoms with Gasteiger partial charge in [0.1, 0.15) is 17.3 Å². The smallest absolute Gasteiger partial charge is 0.150 e. The van der Waals surface area contributed by atoms with Crippen molar-refractivity contribution in [2.45, 2.75) is 6.54 Å². The second-order valence-corrected chi connectivity index (χ2v) is 6.13. The van der Waals surface area contributed by atoms with Crippen LogP contribution in [0, 0.1) is 17.1 Å². The number of rotatable bonds is 4. The molecule has 5 nitrogen and oxygen atoms in total. The average Bonchev–Trinajstić information content (AvgIpc) is 2.99. The largest absolute Gasteiger partial charge is 0.308 e. The number of hydrogen-bond acceptors (Lipinski definition) is 4. The molecule has 3 rings (SSSR count). The van der Waals surface area contributed by atoms with Crippen LogP contribution in [0.2, 0.25) is 5.02 Å². The monoisotopic (exact) mass is 343 g/mol. The average molecular weight is 344 g/mol. The topological polar surface area (TPSA) is 57.7 Å². The summed E-state index contributed by atoms with van der Waals surface area (Å²) in [5.41, 5.74) is 1.65. The van der Waals surface area contributed by atoms with Crippen molar-refractivity contribution in [3.63, 3.8) is 0 Å². The van der Waals surface area contributed by atoms with Gasteiger partial charge in [-0.15, -0.1) is 0 Å². The summed E-state index contributed by atoms with van der Waals surface area (Å²) in [6.07, 6.45) is 1.65. The van der Waals surface area contributed by atoms with Crippen molar-refractivity contribution in [1.29, 1.82) is 5.26 Å². The molecule has 0 spiro atoms. The van der Waals surface area contributed by atoms with Gasteiger partial charge in [0, 0.05) is 23.2 Å². The molecule has 0 saturated heterocycles. The van der Waals surface area contributed by atoms with E-state index in [0.29, 0.717) is 28.9 Å². The number of nitrogens with zero attached hydrogens (tertiary/aromatic N) is 5. The molecule has 0 saturated carbocycles. The third-order valence-electron chi connectivity index (χ3n) is 3.67. The summed E-state index contributed by atoms with van der Waals surface area (Å²) in [4.78, 5) is 6.42. The van der Waals surface area contributed by atoms with E-state index in [9.17, 15) is 9.65 Å². The van der Waals surface area contributed by atoms with E-state index >= 15 is 0 Å². The van der Waals surface area contributed by atoms with E-state index in [1.165, 1.54) is 6.07 Å². The maximum Gasteiger partial charge on any atom is 0.150 e. The Morgan fingerprint density at radius 3 is 2.83 bits per heavy atom. The van der Waals surface area contributed by atoms with E-state index < -0.39 is 5.82 Å². The number of aromatic nitrogens is 3. The number of likely N-dealkylation sites (N-methyl/N-ethyl adjacent to an activating group) is 1. The van der Waals surface area contributed by atoms with E-state index in [4.69, 9.17) is 11.6 Å². The van der Waals surface area contributed by atoms with E-state index in [1.807, 2.05) is 19.0 Å². The van der Waals surface area contributed by atoms with Gasteiger partial charge in [-0.3, -0.25) is 4.68 Å². The number of nitriles is 1. The third-order valence-corrected chi connectivity index (χ3v) is 3.89. The molecule has 0 radical (unpaired) electrons. The lowest BCUT2D eigenvalue weighted by Gasteiger charge is -2.13. The molecule has 7 heteroatoms. The summed E-state index contributed by atoms with van der Waals surface area (Å²) in [5, 5.41) is 14.5. The lowest BCUT2D eigenvalue weighted by atomic mass is 10.1. The molecule has 24 heavy (non-hydrogen) atoms. The van der Waals surface area contributed by atoms with Crippen molar-refractivity contribution in [3.05, 3.63) is 46.9 Å². The minimum Gasteiger partial charge on any atom is -0.308 e. The van der Waals surface area contributed by atoms with Gasteiger partial charge in [0.2, 0.25) is 0 Å². The van der Waals surface area contributed by atoms with Crippen LogP contribution in [0.15, 0.2) is 30.5 Å². The Balaban J connectivity index is 2.16. The highest BCUT2D eigenvalue weighted by atomic mass is 35.5. The highest BCUT2D eigenvalue weighted by Crippen LogP contribution is 2.28. The first-order chi connectivity index (χ1) is 11.5. The number of pyridine rings is 1. The van der Waals surface area contributed by atoms with Crippen molar-refractivity contribution in [3.8, 4) is 17.5 Å². The molecule has 2 aromatic heterocycles. The minimum absolute atomic E-state index is 0.189. The predicted molar refractivity (Wildman–Crippen MR) is 91.2 cm³/mol. The van der Waals surface area contributed by atoms with Gasteiger partial charge in [-0.2, -0.15) is 10.4 Å². The first kappa shape index (κ1) is 16.4. The van der Waals surface area contributed by atoms with Crippen LogP contribution in [-0.4, -0.2) is 40.3 Å². The van der Waals surface area contributed by atoms with Crippen molar-refractivity contribution >= 4 is 22.5 Å². The van der Waals surface area contributed by atoms with Gasteiger partial charge in [0.25, 0.3) is 0 Å². The van der Waals surface area contributed by atoms with Crippen molar-refractivity contribution in [1.82, 2.24) is 19.7 Å². The molecule has 0 bridgehead atoms. The molecular formula is C17H15ClFN5. The van der Waals surface area contributed by atoms with Crippen LogP contribution in [0.5, 0.6) is 0 Å². The SMILES string of the molecule is CN(C)CCn1nccc1-c1nc2c(F)cc(Cl)cc2cc1C#N. The summed E-state index contributed by atoms with van der Waals surface area (Å²) in [6.45, 7) is 1.43. The highest BCUT2D eigenvalue weighted by molar-refractivity contribution is 6.31. The first-order valence-corrected chi connectivity index (χ1v) is 7.74. The molecule has 0 aliphatic carbocycles. The molecule has 1 aromatic carbocycles. The lowest BCUT2D eigenvalue weighted by molar-refractivity contribution is 0.374. The van der Waals surface area contributed by atoms with Crippen LogP contribution in [-0.2, 0) is 6.54 Å². The van der Waals surface area contributed by atoms with Crippen molar-refractivity contribution in [2.24, 2.45) is 0 Å². The molecule has 0 aliphatic rings. The first-order valence-electron chi connectivity index (χ1n) is 7.36. The zero-order valence-corrected chi connectivity index (χ0v) is 14.0. The maximum absolute atomic E-state index is 14.2. The Bertz CT molecular complexity index is 942. The fourth-order valence-corrected chi connectivity index (χ4v) is 2.71. The van der Waals surface area contributed by atoms with Gasteiger partial charge in [-0.1, -0.05) is 11.6 Å². The van der Waals surface area contributed by atoms with Crippen LogP contribution in [0.4, 0.5) is 4.39 Å². The molecule has 122 valence electrons. The predicted octanol–water partition coefficient (Wildman–Crippen LogP) is 3.32. The standard InChI is InChI=1S/C17H15ClFN5/c1-23(2)5-6-24-15(3-4-21-24)17-12(10-20)7-11-8-13(18)9-14(19)16(11)22-17/h3-4,7-9H,5-6H2,1-2H3. The zero-order valence-electron chi connectivity index (χ0n) is 13.3. The van der Waals surface area contributed by atoms with Gasteiger partial charge in [-0.25, -0.2) is 9.37 Å². The van der Waals surface area contributed by atoms with Crippen LogP contribution >= 0.6 is 11.6 Å². The molecule has 0 unspecified atom stereocenters. The van der Waals surface area contributed by atoms with E-state index in [0.717, 1.165) is 6.54 Å². The second-order valence-electron chi connectivity index (χ2n) is 5.70. The Morgan fingerprint density at radius 2 is 2.12 bits per heavy atom. The van der Waals surface area contributed by atoms with Crippen LogP contribution in [0.25, 0.3) is 22.3 Å². The van der Waals surface area contributed by atoms with Crippen LogP contribution in [0.1, 0.15) is 5.56 Å². The summed E-state index contributed by atoms with van der Waals surface area (Å²) in [5.74, 6) is -0.511. The van der Waals surface area contributed by atoms with E-state index in [2.05, 4.69) is 16.2 Å². The third kappa shape index (κ3) is 3.09. The second kappa shape index (κ2) is 6.56. The summed E-state index contributed by atoms with van der Waals surface area (Å²) >= 11 is 5.89. The summed E-state index contributed by atoms with van der Waals surface area (Å²) in [6, 6.07) is 8.33. The highest BCUT2D eigenvalue weighted by Gasteiger charge is 2.16. The Kier molecular flexibility index (Phi) is 4.47. The zero-order chi connectivity index (χ0) is 17.3.